The molecule has 0 radical (unpaired) electrons. The minimum Gasteiger partial charge on any atom is -0.494 e. The maximum atomic E-state index is 13.7. The van der Waals surface area contributed by atoms with Crippen molar-refractivity contribution in [2.24, 2.45) is 13.0 Å². The van der Waals surface area contributed by atoms with E-state index in [1.807, 2.05) is 44.5 Å². The third-order valence-electron chi connectivity index (χ3n) is 7.70. The van der Waals surface area contributed by atoms with Crippen LogP contribution in [0.3, 0.4) is 0 Å². The highest BCUT2D eigenvalue weighted by Gasteiger charge is 2.30. The Morgan fingerprint density at radius 1 is 1.18 bits per heavy atom. The Kier molecular flexibility index (Phi) is 6.51. The Morgan fingerprint density at radius 2 is 1.98 bits per heavy atom. The number of hydrogen-bond donors (Lipinski definition) is 1. The summed E-state index contributed by atoms with van der Waals surface area (Å²) in [6.07, 6.45) is 5.30. The molecule has 2 amide bonds. The molecule has 2 fully saturated rings. The number of carbonyl (C=O) groups excluding carboxylic acids is 2. The smallest absolute Gasteiger partial charge is 0.407 e. The summed E-state index contributed by atoms with van der Waals surface area (Å²) in [4.78, 5) is 32.8. The second-order valence-electron chi connectivity index (χ2n) is 12.0. The molecule has 1 atom stereocenters. The number of fused-ring (bicyclic) bond motifs is 2. The minimum atomic E-state index is -0.578. The van der Waals surface area contributed by atoms with Gasteiger partial charge < -0.3 is 33.2 Å². The molecule has 4 aromatic rings. The van der Waals surface area contributed by atoms with Crippen LogP contribution in [0.15, 0.2) is 34.9 Å². The third-order valence-corrected chi connectivity index (χ3v) is 7.70. The van der Waals surface area contributed by atoms with Crippen molar-refractivity contribution in [1.29, 1.82) is 0 Å². The minimum absolute atomic E-state index is 0.113. The van der Waals surface area contributed by atoms with E-state index in [-0.39, 0.29) is 11.9 Å². The third kappa shape index (κ3) is 5.02. The molecule has 2 aliphatic rings. The van der Waals surface area contributed by atoms with Gasteiger partial charge in [0.1, 0.15) is 16.9 Å². The van der Waals surface area contributed by atoms with Crippen LogP contribution in [0.5, 0.6) is 5.75 Å². The number of hydrogen-bond acceptors (Lipinski definition) is 6. The first-order valence-electron chi connectivity index (χ1n) is 14.0. The first-order chi connectivity index (χ1) is 19.1. The number of aryl methyl sites for hydroxylation is 1. The molecule has 4 heterocycles. The van der Waals surface area contributed by atoms with Crippen molar-refractivity contribution in [3.05, 3.63) is 36.1 Å². The molecule has 3 aromatic heterocycles. The van der Waals surface area contributed by atoms with Crippen LogP contribution in [0.2, 0.25) is 0 Å². The molecule has 0 unspecified atom stereocenters. The molecule has 1 N–H and O–H groups in total. The van der Waals surface area contributed by atoms with Gasteiger partial charge in [-0.15, -0.1) is 0 Å². The van der Waals surface area contributed by atoms with E-state index in [2.05, 4.69) is 16.0 Å². The van der Waals surface area contributed by atoms with E-state index in [0.717, 1.165) is 47.5 Å². The summed E-state index contributed by atoms with van der Waals surface area (Å²) in [5.41, 5.74) is 3.29. The summed E-state index contributed by atoms with van der Waals surface area (Å²) in [5, 5.41) is 3.97. The summed E-state index contributed by atoms with van der Waals surface area (Å²) < 4.78 is 21.3. The van der Waals surface area contributed by atoms with Crippen molar-refractivity contribution in [3.8, 4) is 17.3 Å². The molecule has 1 aliphatic carbocycles. The lowest BCUT2D eigenvalue weighted by molar-refractivity contribution is 0.0452. The van der Waals surface area contributed by atoms with Crippen LogP contribution in [0.25, 0.3) is 33.7 Å². The van der Waals surface area contributed by atoms with E-state index in [1.165, 1.54) is 12.8 Å². The molecular formula is C30H37N5O5. The lowest BCUT2D eigenvalue weighted by Crippen LogP contribution is -2.50. The van der Waals surface area contributed by atoms with Crippen LogP contribution in [0.1, 0.15) is 56.8 Å². The number of likely N-dealkylation sites (tertiary alicyclic amines) is 1. The van der Waals surface area contributed by atoms with Crippen molar-refractivity contribution in [1.82, 2.24) is 24.3 Å². The van der Waals surface area contributed by atoms with Gasteiger partial charge in [0.2, 0.25) is 5.71 Å². The molecule has 1 saturated heterocycles. The largest absolute Gasteiger partial charge is 0.494 e. The van der Waals surface area contributed by atoms with Crippen LogP contribution in [0, 0.1) is 5.92 Å². The van der Waals surface area contributed by atoms with Crippen molar-refractivity contribution in [3.63, 3.8) is 0 Å². The van der Waals surface area contributed by atoms with E-state index in [1.54, 1.807) is 24.3 Å². The second kappa shape index (κ2) is 9.91. The number of alkyl carbamates (subject to hydrolysis) is 1. The molecule has 0 spiro atoms. The number of nitrogens with one attached hydrogen (secondary N) is 1. The highest BCUT2D eigenvalue weighted by atomic mass is 16.6. The highest BCUT2D eigenvalue weighted by Crippen LogP contribution is 2.38. The Labute approximate surface area is 233 Å². The van der Waals surface area contributed by atoms with E-state index >= 15 is 0 Å². The Morgan fingerprint density at radius 3 is 2.70 bits per heavy atom. The molecule has 40 heavy (non-hydrogen) atoms. The zero-order chi connectivity index (χ0) is 28.2. The zero-order valence-corrected chi connectivity index (χ0v) is 23.8. The van der Waals surface area contributed by atoms with Gasteiger partial charge in [-0.05, 0) is 76.6 Å². The normalized spacial score (nSPS) is 17.9. The quantitative estimate of drug-likeness (QED) is 0.350. The maximum Gasteiger partial charge on any atom is 0.407 e. The van der Waals surface area contributed by atoms with E-state index in [9.17, 15) is 9.59 Å². The number of carbonyl (C=O) groups is 2. The molecular weight excluding hydrogens is 510 g/mol. The molecule has 6 rings (SSSR count). The molecule has 1 aromatic carbocycles. The molecule has 1 aliphatic heterocycles. The molecule has 10 heteroatoms. The van der Waals surface area contributed by atoms with Crippen LogP contribution in [-0.2, 0) is 18.3 Å². The summed E-state index contributed by atoms with van der Waals surface area (Å²) in [6, 6.07) is 7.55. The lowest BCUT2D eigenvalue weighted by Gasteiger charge is -2.33. The number of nitrogens with zero attached hydrogens (tertiary/aromatic N) is 4. The number of aromatic nitrogens is 3. The Balaban J connectivity index is 1.30. The highest BCUT2D eigenvalue weighted by molar-refractivity contribution is 6.00. The number of imidazole rings is 1. The van der Waals surface area contributed by atoms with Crippen molar-refractivity contribution in [2.75, 3.05) is 20.2 Å². The van der Waals surface area contributed by atoms with E-state index in [4.69, 9.17) is 18.9 Å². The predicted molar refractivity (Wildman–Crippen MR) is 151 cm³/mol. The topological polar surface area (TPSA) is 104 Å². The molecule has 1 saturated carbocycles. The first-order valence-corrected chi connectivity index (χ1v) is 14.0. The summed E-state index contributed by atoms with van der Waals surface area (Å²) in [7, 11) is 3.59. The number of furan rings is 1. The summed E-state index contributed by atoms with van der Waals surface area (Å²) in [6.45, 7) is 7.42. The fourth-order valence-electron chi connectivity index (χ4n) is 5.66. The number of benzene rings is 1. The molecule has 212 valence electrons. The average molecular weight is 548 g/mol. The lowest BCUT2D eigenvalue weighted by atomic mass is 10.0. The second-order valence-corrected chi connectivity index (χ2v) is 12.0. The molecule has 10 nitrogen and oxygen atoms in total. The van der Waals surface area contributed by atoms with Gasteiger partial charge in [-0.25, -0.2) is 9.78 Å². The van der Waals surface area contributed by atoms with Crippen LogP contribution < -0.4 is 10.1 Å². The fraction of sp³-hybridized carbons (Fsp3) is 0.500. The standard InChI is InChI=1S/C30H37N5O5/c1-30(2,3)40-29(37)31-21-7-6-11-34(17-21)27(36)20-13-22-25(24(15-20)38-5)33(4)26(32-22)23-14-19-10-12-39-28(19)35(23)16-18-8-9-18/h10,12-15,18,21H,6-9,11,16-17H2,1-5H3,(H,31,37)/t21-/m1/s1. The monoisotopic (exact) mass is 547 g/mol. The molecule has 0 bridgehead atoms. The van der Waals surface area contributed by atoms with Crippen molar-refractivity contribution < 1.29 is 23.5 Å². The Hall–Kier alpha value is -3.95. The summed E-state index contributed by atoms with van der Waals surface area (Å²) >= 11 is 0. The van der Waals surface area contributed by atoms with Gasteiger partial charge in [0.25, 0.3) is 5.91 Å². The zero-order valence-electron chi connectivity index (χ0n) is 23.8. The van der Waals surface area contributed by atoms with Gasteiger partial charge in [-0.1, -0.05) is 0 Å². The van der Waals surface area contributed by atoms with Gasteiger partial charge in [0, 0.05) is 43.7 Å². The Bertz CT molecular complexity index is 1590. The summed E-state index contributed by atoms with van der Waals surface area (Å²) in [5.74, 6) is 1.93. The number of amides is 2. The number of methoxy groups -OCH3 is 1. The van der Waals surface area contributed by atoms with Crippen LogP contribution in [0.4, 0.5) is 4.79 Å². The van der Waals surface area contributed by atoms with Crippen molar-refractivity contribution >= 4 is 34.1 Å². The fourth-order valence-corrected chi connectivity index (χ4v) is 5.66. The van der Waals surface area contributed by atoms with Gasteiger partial charge in [0.05, 0.1) is 24.6 Å². The first kappa shape index (κ1) is 26.3. The van der Waals surface area contributed by atoms with Gasteiger partial charge in [-0.3, -0.25) is 4.79 Å². The van der Waals surface area contributed by atoms with Gasteiger partial charge >= 0.3 is 6.09 Å². The van der Waals surface area contributed by atoms with Crippen molar-refractivity contribution in [2.45, 2.75) is 64.6 Å². The number of rotatable bonds is 6. The average Bonchev–Trinajstić information content (AvgIpc) is 3.35. The van der Waals surface area contributed by atoms with Gasteiger partial charge in [0.15, 0.2) is 5.82 Å². The maximum absolute atomic E-state index is 13.7. The van der Waals surface area contributed by atoms with Gasteiger partial charge in [-0.2, -0.15) is 0 Å². The SMILES string of the molecule is COc1cc(C(=O)N2CCC[C@@H](NC(=O)OC(C)(C)C)C2)cc2nc(-c3cc4ccoc4n3CC3CC3)n(C)c12. The predicted octanol–water partition coefficient (Wildman–Crippen LogP) is 5.34. The van der Waals surface area contributed by atoms with Crippen LogP contribution >= 0.6 is 0 Å². The van der Waals surface area contributed by atoms with E-state index < -0.39 is 11.7 Å². The van der Waals surface area contributed by atoms with E-state index in [0.29, 0.717) is 35.8 Å². The van der Waals surface area contributed by atoms with Crippen LogP contribution in [-0.4, -0.2) is 62.9 Å². The number of ether oxygens (including phenoxy) is 2. The number of piperidine rings is 1.